The van der Waals surface area contributed by atoms with Crippen molar-refractivity contribution in [1.29, 1.82) is 0 Å². The molecule has 0 radical (unpaired) electrons. The fourth-order valence-corrected chi connectivity index (χ4v) is 6.26. The van der Waals surface area contributed by atoms with Gasteiger partial charge in [-0.25, -0.2) is 0 Å². The number of anilines is 2. The molecule has 4 rings (SSSR count). The van der Waals surface area contributed by atoms with Crippen LogP contribution < -0.4 is 21.2 Å². The zero-order valence-electron chi connectivity index (χ0n) is 16.4. The number of nitrogens with one attached hydrogen (secondary N) is 1. The van der Waals surface area contributed by atoms with Crippen molar-refractivity contribution in [2.75, 3.05) is 5.32 Å². The summed E-state index contributed by atoms with van der Waals surface area (Å²) in [6.07, 6.45) is -4.40. The average molecular weight is 437 g/mol. The van der Waals surface area contributed by atoms with Crippen LogP contribution in [0.1, 0.15) is 5.56 Å². The van der Waals surface area contributed by atoms with Crippen molar-refractivity contribution in [2.45, 2.75) is 6.18 Å². The fraction of sp³-hybridized carbons (Fsp3) is 0.0400. The quantitative estimate of drug-likeness (QED) is 0.383. The summed E-state index contributed by atoms with van der Waals surface area (Å²) in [5.41, 5.74) is 0.344. The lowest BCUT2D eigenvalue weighted by Gasteiger charge is -2.23. The summed E-state index contributed by atoms with van der Waals surface area (Å²) in [4.78, 5) is 0. The first kappa shape index (κ1) is 21.0. The Labute approximate surface area is 178 Å². The van der Waals surface area contributed by atoms with E-state index in [1.807, 2.05) is 66.7 Å². The summed E-state index contributed by atoms with van der Waals surface area (Å²) in [6.45, 7) is 0. The molecule has 1 N–H and O–H groups in total. The zero-order valence-corrected chi connectivity index (χ0v) is 17.3. The summed E-state index contributed by atoms with van der Waals surface area (Å²) in [5.74, 6) is 0. The molecule has 0 bridgehead atoms. The van der Waals surface area contributed by atoms with E-state index < -0.39 is 18.9 Å². The number of benzene rings is 4. The van der Waals surface area contributed by atoms with Crippen LogP contribution in [-0.4, -0.2) is 0 Å². The molecule has 156 valence electrons. The molecule has 0 aliphatic rings. The van der Waals surface area contributed by atoms with Gasteiger partial charge in [-0.3, -0.25) is 0 Å². The van der Waals surface area contributed by atoms with Crippen LogP contribution in [0.5, 0.6) is 0 Å². The summed E-state index contributed by atoms with van der Waals surface area (Å²) >= 11 is 0. The first-order chi connectivity index (χ1) is 14.9. The molecule has 0 aromatic heterocycles. The third kappa shape index (κ3) is 4.28. The van der Waals surface area contributed by atoms with Crippen LogP contribution in [0, 0.1) is 0 Å². The molecular weight excluding hydrogens is 418 g/mol. The summed E-state index contributed by atoms with van der Waals surface area (Å²) in [5, 5.41) is 5.11. The van der Waals surface area contributed by atoms with E-state index in [9.17, 15) is 17.7 Å². The Morgan fingerprint density at radius 3 is 1.61 bits per heavy atom. The molecule has 0 aliphatic heterocycles. The van der Waals surface area contributed by atoms with Gasteiger partial charge in [-0.15, -0.1) is 0 Å². The van der Waals surface area contributed by atoms with Crippen LogP contribution in [0.3, 0.4) is 0 Å². The molecule has 0 unspecified atom stereocenters. The molecule has 4 aromatic rings. The van der Waals surface area contributed by atoms with Crippen molar-refractivity contribution >= 4 is 34.4 Å². The molecule has 6 heteroatoms. The van der Waals surface area contributed by atoms with Gasteiger partial charge in [-0.1, -0.05) is 72.8 Å². The van der Waals surface area contributed by atoms with Crippen LogP contribution in [0.25, 0.3) is 0 Å². The summed E-state index contributed by atoms with van der Waals surface area (Å²) in [7, 11) is -3.23. The van der Waals surface area contributed by atoms with Gasteiger partial charge in [0.05, 0.1) is 5.56 Å². The minimum absolute atomic E-state index is 0.480. The van der Waals surface area contributed by atoms with Crippen LogP contribution in [0.2, 0.25) is 0 Å². The van der Waals surface area contributed by atoms with Crippen LogP contribution >= 0.6 is 7.14 Å². The molecule has 0 saturated carbocycles. The average Bonchev–Trinajstić information content (AvgIpc) is 2.80. The van der Waals surface area contributed by atoms with Crippen molar-refractivity contribution in [1.82, 2.24) is 0 Å². The molecule has 0 spiro atoms. The van der Waals surface area contributed by atoms with E-state index in [1.165, 1.54) is 12.1 Å². The highest BCUT2D eigenvalue weighted by Gasteiger charge is 2.32. The second kappa shape index (κ2) is 8.44. The molecule has 2 nitrogen and oxygen atoms in total. The fourth-order valence-electron chi connectivity index (χ4n) is 3.46. The normalized spacial score (nSPS) is 11.8. The highest BCUT2D eigenvalue weighted by Crippen LogP contribution is 2.44. The number of halogens is 3. The number of rotatable bonds is 5. The topological polar surface area (TPSA) is 29.1 Å². The SMILES string of the molecule is O=P(c1ccccc1)(c1ccccc1)c1ccccc1Nc1ccc(C(F)(F)F)cc1. The Hall–Kier alpha value is -3.30. The van der Waals surface area contributed by atoms with Crippen molar-refractivity contribution in [3.8, 4) is 0 Å². The third-order valence-corrected chi connectivity index (χ3v) is 8.09. The van der Waals surface area contributed by atoms with Crippen molar-refractivity contribution < 1.29 is 17.7 Å². The lowest BCUT2D eigenvalue weighted by atomic mass is 10.2. The van der Waals surface area contributed by atoms with Crippen molar-refractivity contribution in [3.63, 3.8) is 0 Å². The lowest BCUT2D eigenvalue weighted by Crippen LogP contribution is -2.26. The summed E-state index contributed by atoms with van der Waals surface area (Å²) in [6, 6.07) is 30.4. The molecule has 0 saturated heterocycles. The molecular formula is C25H19F3NOP. The predicted octanol–water partition coefficient (Wildman–Crippen LogP) is 6.09. The van der Waals surface area contributed by atoms with Gasteiger partial charge in [-0.05, 0) is 36.4 Å². The van der Waals surface area contributed by atoms with E-state index in [4.69, 9.17) is 0 Å². The smallest absolute Gasteiger partial charge is 0.355 e. The first-order valence-electron chi connectivity index (χ1n) is 9.64. The third-order valence-electron chi connectivity index (χ3n) is 4.97. The van der Waals surface area contributed by atoms with E-state index in [2.05, 4.69) is 5.32 Å². The first-order valence-corrected chi connectivity index (χ1v) is 11.3. The van der Waals surface area contributed by atoms with Gasteiger partial charge in [-0.2, -0.15) is 13.2 Å². The largest absolute Gasteiger partial charge is 0.416 e. The van der Waals surface area contributed by atoms with Gasteiger partial charge in [0.15, 0.2) is 7.14 Å². The van der Waals surface area contributed by atoms with E-state index in [1.54, 1.807) is 18.2 Å². The van der Waals surface area contributed by atoms with Gasteiger partial charge in [0, 0.05) is 27.3 Å². The van der Waals surface area contributed by atoms with E-state index >= 15 is 0 Å². The highest BCUT2D eigenvalue weighted by molar-refractivity contribution is 7.85. The molecule has 0 fully saturated rings. The number of alkyl halides is 3. The van der Waals surface area contributed by atoms with Gasteiger partial charge in [0.2, 0.25) is 0 Å². The van der Waals surface area contributed by atoms with Crippen LogP contribution in [-0.2, 0) is 10.7 Å². The molecule has 4 aromatic carbocycles. The predicted molar refractivity (Wildman–Crippen MR) is 121 cm³/mol. The molecule has 0 aliphatic carbocycles. The monoisotopic (exact) mass is 437 g/mol. The van der Waals surface area contributed by atoms with Crippen molar-refractivity contribution in [2.24, 2.45) is 0 Å². The molecule has 0 amide bonds. The Balaban J connectivity index is 1.81. The van der Waals surface area contributed by atoms with E-state index in [0.29, 0.717) is 27.3 Å². The highest BCUT2D eigenvalue weighted by atomic mass is 31.2. The van der Waals surface area contributed by atoms with Crippen LogP contribution in [0.15, 0.2) is 109 Å². The Kier molecular flexibility index (Phi) is 5.71. The number of hydrogen-bond donors (Lipinski definition) is 1. The van der Waals surface area contributed by atoms with E-state index in [-0.39, 0.29) is 0 Å². The van der Waals surface area contributed by atoms with Gasteiger partial charge >= 0.3 is 6.18 Å². The minimum Gasteiger partial charge on any atom is -0.355 e. The van der Waals surface area contributed by atoms with Crippen LogP contribution in [0.4, 0.5) is 24.5 Å². The van der Waals surface area contributed by atoms with Gasteiger partial charge < -0.3 is 9.88 Å². The van der Waals surface area contributed by atoms with Gasteiger partial charge in [0.1, 0.15) is 0 Å². The zero-order chi connectivity index (χ0) is 21.9. The number of hydrogen-bond acceptors (Lipinski definition) is 2. The minimum atomic E-state index is -4.40. The standard InChI is InChI=1S/C25H19F3NOP/c26-25(27,28)19-15-17-20(18-16-19)29-23-13-7-8-14-24(23)31(30,21-9-3-1-4-10-21)22-11-5-2-6-12-22/h1-18,29H. The second-order valence-corrected chi connectivity index (χ2v) is 9.73. The molecule has 0 atom stereocenters. The van der Waals surface area contributed by atoms with Crippen molar-refractivity contribution in [3.05, 3.63) is 115 Å². The molecule has 31 heavy (non-hydrogen) atoms. The Morgan fingerprint density at radius 2 is 1.10 bits per heavy atom. The maximum Gasteiger partial charge on any atom is 0.416 e. The Bertz CT molecular complexity index is 1160. The second-order valence-electron chi connectivity index (χ2n) is 7.00. The number of para-hydroxylation sites is 1. The van der Waals surface area contributed by atoms with E-state index in [0.717, 1.165) is 12.1 Å². The molecule has 0 heterocycles. The maximum atomic E-state index is 14.6. The Morgan fingerprint density at radius 1 is 0.613 bits per heavy atom. The maximum absolute atomic E-state index is 14.6. The summed E-state index contributed by atoms with van der Waals surface area (Å²) < 4.78 is 53.3. The van der Waals surface area contributed by atoms with Gasteiger partial charge in [0.25, 0.3) is 0 Å². The lowest BCUT2D eigenvalue weighted by molar-refractivity contribution is -0.137.